The largest absolute Gasteiger partial charge is 0.481 e. The van der Waals surface area contributed by atoms with E-state index in [2.05, 4.69) is 0 Å². The van der Waals surface area contributed by atoms with E-state index in [0.717, 1.165) is 6.16 Å². The predicted octanol–water partition coefficient (Wildman–Crippen LogP) is 0.800. The minimum Gasteiger partial charge on any atom is -0.481 e. The Morgan fingerprint density at radius 3 is 1.73 bits per heavy atom. The maximum Gasteiger partial charge on any atom is 0.303 e. The molecule has 0 rings (SSSR count). The van der Waals surface area contributed by atoms with Crippen LogP contribution in [-0.2, 0) is 9.59 Å². The van der Waals surface area contributed by atoms with E-state index in [1.54, 1.807) is 0 Å². The SMILES string of the molecule is O=C(O)CCP(CCCO)CCC(=O)O. The smallest absolute Gasteiger partial charge is 0.303 e. The lowest BCUT2D eigenvalue weighted by Crippen LogP contribution is -2.05. The molecule has 0 aliphatic heterocycles. The van der Waals surface area contributed by atoms with Crippen molar-refractivity contribution in [3.63, 3.8) is 0 Å². The average Bonchev–Trinajstić information content (AvgIpc) is 2.16. The Labute approximate surface area is 89.9 Å². The van der Waals surface area contributed by atoms with Gasteiger partial charge in [-0.15, -0.1) is 7.92 Å². The van der Waals surface area contributed by atoms with Gasteiger partial charge in [-0.2, -0.15) is 0 Å². The number of aliphatic carboxylic acids is 2. The van der Waals surface area contributed by atoms with Crippen LogP contribution in [0.2, 0.25) is 0 Å². The van der Waals surface area contributed by atoms with Gasteiger partial charge in [0.2, 0.25) is 0 Å². The van der Waals surface area contributed by atoms with Gasteiger partial charge >= 0.3 is 11.9 Å². The summed E-state index contributed by atoms with van der Waals surface area (Å²) in [4.78, 5) is 20.7. The van der Waals surface area contributed by atoms with Gasteiger partial charge in [-0.25, -0.2) is 0 Å². The molecule has 15 heavy (non-hydrogen) atoms. The molecule has 0 atom stereocenters. The fourth-order valence-electron chi connectivity index (χ4n) is 1.14. The lowest BCUT2D eigenvalue weighted by Gasteiger charge is -2.14. The van der Waals surface area contributed by atoms with Gasteiger partial charge in [-0.1, -0.05) is 0 Å². The number of aliphatic hydroxyl groups excluding tert-OH is 1. The molecule has 0 aliphatic rings. The zero-order valence-corrected chi connectivity index (χ0v) is 9.45. The van der Waals surface area contributed by atoms with Crippen LogP contribution in [0.15, 0.2) is 0 Å². The molecular weight excluding hydrogens is 219 g/mol. The minimum absolute atomic E-state index is 0.0823. The van der Waals surface area contributed by atoms with Crippen molar-refractivity contribution >= 4 is 19.9 Å². The molecule has 0 fully saturated rings. The number of hydrogen-bond acceptors (Lipinski definition) is 3. The first-order valence-electron chi connectivity index (χ1n) is 4.83. The summed E-state index contributed by atoms with van der Waals surface area (Å²) in [7, 11) is -0.553. The van der Waals surface area contributed by atoms with Crippen molar-refractivity contribution in [2.24, 2.45) is 0 Å². The molecule has 0 radical (unpaired) electrons. The molecule has 6 heteroatoms. The summed E-state index contributed by atoms with van der Waals surface area (Å²) in [6.45, 7) is 0.0823. The molecule has 0 aliphatic carbocycles. The van der Waals surface area contributed by atoms with Crippen molar-refractivity contribution in [1.29, 1.82) is 0 Å². The highest BCUT2D eigenvalue weighted by Crippen LogP contribution is 2.37. The average molecular weight is 236 g/mol. The Balaban J connectivity index is 3.82. The van der Waals surface area contributed by atoms with Gasteiger partial charge in [0.15, 0.2) is 0 Å². The van der Waals surface area contributed by atoms with E-state index in [9.17, 15) is 9.59 Å². The molecule has 88 valence electrons. The second kappa shape index (κ2) is 8.62. The van der Waals surface area contributed by atoms with Crippen LogP contribution in [0, 0.1) is 0 Å². The molecule has 0 aromatic carbocycles. The predicted molar refractivity (Wildman–Crippen MR) is 57.7 cm³/mol. The Bertz CT molecular complexity index is 189. The van der Waals surface area contributed by atoms with Crippen LogP contribution in [0.5, 0.6) is 0 Å². The Hall–Kier alpha value is -0.670. The van der Waals surface area contributed by atoms with Crippen molar-refractivity contribution in [1.82, 2.24) is 0 Å². The van der Waals surface area contributed by atoms with Gasteiger partial charge in [0.05, 0.1) is 0 Å². The number of carboxylic acids is 2. The monoisotopic (exact) mass is 236 g/mol. The summed E-state index contributed by atoms with van der Waals surface area (Å²) < 4.78 is 0. The van der Waals surface area contributed by atoms with Crippen LogP contribution in [0.4, 0.5) is 0 Å². The van der Waals surface area contributed by atoms with Crippen molar-refractivity contribution < 1.29 is 24.9 Å². The highest BCUT2D eigenvalue weighted by Gasteiger charge is 2.11. The summed E-state index contributed by atoms with van der Waals surface area (Å²) >= 11 is 0. The molecule has 5 nitrogen and oxygen atoms in total. The molecule has 0 aromatic rings. The van der Waals surface area contributed by atoms with Gasteiger partial charge in [-0.3, -0.25) is 9.59 Å². The normalized spacial score (nSPS) is 10.5. The fraction of sp³-hybridized carbons (Fsp3) is 0.778. The van der Waals surface area contributed by atoms with E-state index in [-0.39, 0.29) is 19.4 Å². The van der Waals surface area contributed by atoms with Gasteiger partial charge in [0.25, 0.3) is 0 Å². The van der Waals surface area contributed by atoms with E-state index >= 15 is 0 Å². The van der Waals surface area contributed by atoms with Crippen LogP contribution in [0.25, 0.3) is 0 Å². The molecular formula is C9H17O5P. The van der Waals surface area contributed by atoms with Crippen molar-refractivity contribution in [3.05, 3.63) is 0 Å². The number of rotatable bonds is 9. The maximum atomic E-state index is 10.4. The molecule has 0 heterocycles. The summed E-state index contributed by atoms with van der Waals surface area (Å²) in [5.41, 5.74) is 0. The lowest BCUT2D eigenvalue weighted by atomic mass is 10.5. The fourth-order valence-corrected chi connectivity index (χ4v) is 3.41. The molecule has 0 saturated heterocycles. The van der Waals surface area contributed by atoms with Crippen molar-refractivity contribution in [2.45, 2.75) is 19.3 Å². The zero-order valence-electron chi connectivity index (χ0n) is 8.56. The summed E-state index contributed by atoms with van der Waals surface area (Å²) in [6, 6.07) is 0. The Morgan fingerprint density at radius 2 is 1.40 bits per heavy atom. The standard InChI is InChI=1S/C9H17O5P/c10-4-1-5-15(6-2-8(11)12)7-3-9(13)14/h10H,1-7H2,(H,11,12)(H,13,14). The van der Waals surface area contributed by atoms with Crippen LogP contribution >= 0.6 is 7.92 Å². The van der Waals surface area contributed by atoms with Crippen LogP contribution in [0.3, 0.4) is 0 Å². The highest BCUT2D eigenvalue weighted by atomic mass is 31.1. The number of aliphatic hydroxyl groups is 1. The highest BCUT2D eigenvalue weighted by molar-refractivity contribution is 7.57. The number of hydrogen-bond donors (Lipinski definition) is 3. The second-order valence-corrected chi connectivity index (χ2v) is 5.89. The van der Waals surface area contributed by atoms with E-state index < -0.39 is 19.9 Å². The van der Waals surface area contributed by atoms with E-state index in [0.29, 0.717) is 18.7 Å². The molecule has 3 N–H and O–H groups in total. The lowest BCUT2D eigenvalue weighted by molar-refractivity contribution is -0.137. The molecule has 0 spiro atoms. The first-order chi connectivity index (χ1) is 7.06. The van der Waals surface area contributed by atoms with Gasteiger partial charge in [0.1, 0.15) is 0 Å². The molecule has 0 bridgehead atoms. The van der Waals surface area contributed by atoms with Gasteiger partial charge in [0, 0.05) is 19.4 Å². The summed E-state index contributed by atoms with van der Waals surface area (Å²) in [5, 5.41) is 25.7. The summed E-state index contributed by atoms with van der Waals surface area (Å²) in [6.07, 6.45) is 2.68. The second-order valence-electron chi connectivity index (χ2n) is 3.21. The Kier molecular flexibility index (Phi) is 8.24. The third-order valence-corrected chi connectivity index (χ3v) is 4.58. The van der Waals surface area contributed by atoms with Crippen LogP contribution in [0.1, 0.15) is 19.3 Å². The number of carboxylic acid groups (broad SMARTS) is 2. The molecule has 0 aromatic heterocycles. The first kappa shape index (κ1) is 14.3. The van der Waals surface area contributed by atoms with Crippen LogP contribution in [-0.4, -0.2) is 52.4 Å². The first-order valence-corrected chi connectivity index (χ1v) is 6.72. The third-order valence-electron chi connectivity index (χ3n) is 1.92. The topological polar surface area (TPSA) is 94.8 Å². The molecule has 0 unspecified atom stereocenters. The van der Waals surface area contributed by atoms with Crippen molar-refractivity contribution in [2.75, 3.05) is 25.1 Å². The third kappa shape index (κ3) is 9.63. The zero-order chi connectivity index (χ0) is 11.7. The van der Waals surface area contributed by atoms with Gasteiger partial charge in [-0.05, 0) is 24.9 Å². The molecule has 0 amide bonds. The van der Waals surface area contributed by atoms with E-state index in [1.165, 1.54) is 0 Å². The van der Waals surface area contributed by atoms with E-state index in [4.69, 9.17) is 15.3 Å². The minimum atomic E-state index is -0.846. The van der Waals surface area contributed by atoms with Crippen molar-refractivity contribution in [3.8, 4) is 0 Å². The van der Waals surface area contributed by atoms with E-state index in [1.807, 2.05) is 0 Å². The van der Waals surface area contributed by atoms with Gasteiger partial charge < -0.3 is 15.3 Å². The van der Waals surface area contributed by atoms with Crippen LogP contribution < -0.4 is 0 Å². The summed E-state index contributed by atoms with van der Waals surface area (Å²) in [5.74, 6) is -1.69. The molecule has 0 saturated carbocycles. The number of carbonyl (C=O) groups is 2. The quantitative estimate of drug-likeness (QED) is 0.515. The maximum absolute atomic E-state index is 10.4. The Morgan fingerprint density at radius 1 is 0.933 bits per heavy atom.